The zero-order valence-corrected chi connectivity index (χ0v) is 15.0. The lowest BCUT2D eigenvalue weighted by atomic mass is 9.48. The molecule has 0 amide bonds. The van der Waals surface area contributed by atoms with E-state index >= 15 is 0 Å². The lowest BCUT2D eigenvalue weighted by Gasteiger charge is -2.58. The zero-order chi connectivity index (χ0) is 16.9. The van der Waals surface area contributed by atoms with Gasteiger partial charge in [0.1, 0.15) is 0 Å². The number of rotatable bonds is 4. The Labute approximate surface area is 149 Å². The Morgan fingerprint density at radius 1 is 1.12 bits per heavy atom. The number of hydrogen-bond acceptors (Lipinski definition) is 4. The van der Waals surface area contributed by atoms with Crippen molar-refractivity contribution in [3.05, 3.63) is 34.3 Å². The number of aliphatic hydroxyl groups is 1. The van der Waals surface area contributed by atoms with E-state index in [4.69, 9.17) is 4.74 Å². The molecule has 4 aliphatic carbocycles. The summed E-state index contributed by atoms with van der Waals surface area (Å²) in [6.07, 6.45) is 4.86. The first kappa shape index (κ1) is 16.3. The van der Waals surface area contributed by atoms with E-state index in [1.165, 1.54) is 0 Å². The van der Waals surface area contributed by atoms with Crippen molar-refractivity contribution in [2.24, 2.45) is 17.3 Å². The number of ketones is 1. The van der Waals surface area contributed by atoms with Gasteiger partial charge in [-0.1, -0.05) is 28.1 Å². The number of carbonyl (C=O) groups is 2. The summed E-state index contributed by atoms with van der Waals surface area (Å²) in [4.78, 5) is 24.9. The number of benzene rings is 1. The van der Waals surface area contributed by atoms with Crippen LogP contribution in [0.1, 0.15) is 48.9 Å². The molecule has 0 aromatic heterocycles. The SMILES string of the molecule is O=C(COC(=O)C12C[C@H]3C[C@@H](CC(O)(C3)C1)C2)c1ccc(Br)cc1. The summed E-state index contributed by atoms with van der Waals surface area (Å²) in [5.41, 5.74) is -0.729. The fraction of sp³-hybridized carbons (Fsp3) is 0.579. The van der Waals surface area contributed by atoms with Crippen molar-refractivity contribution in [2.45, 2.75) is 44.1 Å². The highest BCUT2D eigenvalue weighted by atomic mass is 79.9. The van der Waals surface area contributed by atoms with Gasteiger partial charge in [-0.2, -0.15) is 0 Å². The van der Waals surface area contributed by atoms with Crippen molar-refractivity contribution in [2.75, 3.05) is 6.61 Å². The van der Waals surface area contributed by atoms with E-state index in [0.29, 0.717) is 23.8 Å². The minimum absolute atomic E-state index is 0.195. The van der Waals surface area contributed by atoms with Crippen LogP contribution in [0.5, 0.6) is 0 Å². The highest BCUT2D eigenvalue weighted by Gasteiger charge is 2.60. The predicted molar refractivity (Wildman–Crippen MR) is 91.5 cm³/mol. The molecule has 4 nitrogen and oxygen atoms in total. The van der Waals surface area contributed by atoms with Crippen LogP contribution in [0.2, 0.25) is 0 Å². The van der Waals surface area contributed by atoms with Crippen LogP contribution in [-0.2, 0) is 9.53 Å². The summed E-state index contributed by atoms with van der Waals surface area (Å²) >= 11 is 3.33. The standard InChI is InChI=1S/C19H21BrO4/c20-15-3-1-14(2-4-15)16(21)10-24-17(22)18-6-12-5-13(7-18)9-19(23,8-12)11-18/h1-4,12-13,23H,5-11H2/t12-,13-,18?,19?/m1/s1. The smallest absolute Gasteiger partial charge is 0.312 e. The summed E-state index contributed by atoms with van der Waals surface area (Å²) in [5.74, 6) is 0.358. The monoisotopic (exact) mass is 392 g/mol. The van der Waals surface area contributed by atoms with Gasteiger partial charge in [0.05, 0.1) is 11.0 Å². The molecule has 0 heterocycles. The quantitative estimate of drug-likeness (QED) is 0.628. The molecule has 4 bridgehead atoms. The van der Waals surface area contributed by atoms with Gasteiger partial charge in [0.25, 0.3) is 0 Å². The first-order valence-electron chi connectivity index (χ1n) is 8.56. The Bertz CT molecular complexity index is 667. The number of hydrogen-bond donors (Lipinski definition) is 1. The zero-order valence-electron chi connectivity index (χ0n) is 13.5. The average Bonchev–Trinajstić information content (AvgIpc) is 2.50. The van der Waals surface area contributed by atoms with Gasteiger partial charge in [-0.25, -0.2) is 0 Å². The lowest BCUT2D eigenvalue weighted by molar-refractivity contribution is -0.195. The third-order valence-corrected chi connectivity index (χ3v) is 6.49. The van der Waals surface area contributed by atoms with Crippen LogP contribution < -0.4 is 0 Å². The molecule has 2 atom stereocenters. The molecule has 4 aliphatic rings. The first-order valence-corrected chi connectivity index (χ1v) is 9.35. The van der Waals surface area contributed by atoms with E-state index in [1.807, 2.05) is 0 Å². The average molecular weight is 393 g/mol. The van der Waals surface area contributed by atoms with E-state index in [-0.39, 0.29) is 18.4 Å². The molecular formula is C19H21BrO4. The fourth-order valence-electron chi connectivity index (χ4n) is 5.46. The second-order valence-corrected chi connectivity index (χ2v) is 8.89. The van der Waals surface area contributed by atoms with Crippen LogP contribution in [-0.4, -0.2) is 29.1 Å². The van der Waals surface area contributed by atoms with Gasteiger partial charge in [-0.15, -0.1) is 0 Å². The summed E-state index contributed by atoms with van der Waals surface area (Å²) in [5, 5.41) is 10.7. The number of Topliss-reactive ketones (excluding diaryl/α,β-unsaturated/α-hetero) is 1. The van der Waals surface area contributed by atoms with Gasteiger partial charge >= 0.3 is 5.97 Å². The highest BCUT2D eigenvalue weighted by Crippen LogP contribution is 2.61. The lowest BCUT2D eigenvalue weighted by Crippen LogP contribution is -2.58. The van der Waals surface area contributed by atoms with E-state index in [9.17, 15) is 14.7 Å². The second-order valence-electron chi connectivity index (χ2n) is 7.97. The summed E-state index contributed by atoms with van der Waals surface area (Å²) in [6.45, 7) is -0.226. The highest BCUT2D eigenvalue weighted by molar-refractivity contribution is 9.10. The van der Waals surface area contributed by atoms with Gasteiger partial charge in [-0.05, 0) is 62.5 Å². The van der Waals surface area contributed by atoms with E-state index in [0.717, 1.165) is 36.6 Å². The Morgan fingerprint density at radius 2 is 1.75 bits per heavy atom. The molecule has 128 valence electrons. The molecule has 24 heavy (non-hydrogen) atoms. The molecule has 5 heteroatoms. The van der Waals surface area contributed by atoms with Crippen molar-refractivity contribution in [1.29, 1.82) is 0 Å². The van der Waals surface area contributed by atoms with Crippen LogP contribution in [0.15, 0.2) is 28.7 Å². The molecule has 0 unspecified atom stereocenters. The van der Waals surface area contributed by atoms with Crippen molar-refractivity contribution >= 4 is 27.7 Å². The third kappa shape index (κ3) is 2.82. The number of ether oxygens (including phenoxy) is 1. The van der Waals surface area contributed by atoms with Crippen LogP contribution in [0.25, 0.3) is 0 Å². The Morgan fingerprint density at radius 3 is 2.33 bits per heavy atom. The largest absolute Gasteiger partial charge is 0.457 e. The van der Waals surface area contributed by atoms with E-state index in [2.05, 4.69) is 15.9 Å². The van der Waals surface area contributed by atoms with E-state index < -0.39 is 11.0 Å². The molecular weight excluding hydrogens is 372 g/mol. The minimum Gasteiger partial charge on any atom is -0.457 e. The molecule has 0 spiro atoms. The maximum Gasteiger partial charge on any atom is 0.312 e. The third-order valence-electron chi connectivity index (χ3n) is 5.96. The maximum absolute atomic E-state index is 12.7. The molecule has 0 saturated heterocycles. The summed E-state index contributed by atoms with van der Waals surface area (Å²) in [7, 11) is 0. The van der Waals surface area contributed by atoms with Crippen molar-refractivity contribution in [3.8, 4) is 0 Å². The van der Waals surface area contributed by atoms with Crippen LogP contribution in [0, 0.1) is 17.3 Å². The Balaban J connectivity index is 1.43. The van der Waals surface area contributed by atoms with Gasteiger partial charge in [0, 0.05) is 10.0 Å². The van der Waals surface area contributed by atoms with Gasteiger partial charge in [0.15, 0.2) is 12.4 Å². The second kappa shape index (κ2) is 5.67. The normalized spacial score (nSPS) is 36.6. The molecule has 4 saturated carbocycles. The van der Waals surface area contributed by atoms with Crippen molar-refractivity contribution in [1.82, 2.24) is 0 Å². The van der Waals surface area contributed by atoms with Crippen LogP contribution in [0.4, 0.5) is 0 Å². The number of esters is 1. The minimum atomic E-state index is -0.696. The molecule has 1 aromatic rings. The maximum atomic E-state index is 12.7. The molecule has 0 radical (unpaired) electrons. The molecule has 1 N–H and O–H groups in total. The van der Waals surface area contributed by atoms with Crippen LogP contribution in [0.3, 0.4) is 0 Å². The molecule has 5 rings (SSSR count). The number of halogens is 1. The molecule has 1 aromatic carbocycles. The Hall–Kier alpha value is -1.20. The predicted octanol–water partition coefficient (Wildman–Crippen LogP) is 3.51. The van der Waals surface area contributed by atoms with Gasteiger partial charge in [0.2, 0.25) is 0 Å². The number of carbonyl (C=O) groups excluding carboxylic acids is 2. The Kier molecular flexibility index (Phi) is 3.84. The van der Waals surface area contributed by atoms with Crippen molar-refractivity contribution in [3.63, 3.8) is 0 Å². The molecule has 4 fully saturated rings. The molecule has 0 aliphatic heterocycles. The van der Waals surface area contributed by atoms with Crippen molar-refractivity contribution < 1.29 is 19.4 Å². The van der Waals surface area contributed by atoms with Gasteiger partial charge in [-0.3, -0.25) is 9.59 Å². The van der Waals surface area contributed by atoms with E-state index in [1.54, 1.807) is 24.3 Å². The first-order chi connectivity index (χ1) is 11.4. The van der Waals surface area contributed by atoms with Crippen LogP contribution >= 0.6 is 15.9 Å². The topological polar surface area (TPSA) is 63.6 Å². The summed E-state index contributed by atoms with van der Waals surface area (Å²) in [6, 6.07) is 7.02. The fourth-order valence-corrected chi connectivity index (χ4v) is 5.72. The summed E-state index contributed by atoms with van der Waals surface area (Å²) < 4.78 is 6.31. The van der Waals surface area contributed by atoms with Gasteiger partial charge < -0.3 is 9.84 Å².